The predicted octanol–water partition coefficient (Wildman–Crippen LogP) is 4.89. The summed E-state index contributed by atoms with van der Waals surface area (Å²) in [5, 5.41) is 7.35. The average molecular weight is 548 g/mol. The molecule has 0 spiro atoms. The number of carbonyl (C=O) groups is 1. The minimum absolute atomic E-state index is 0.0109. The van der Waals surface area contributed by atoms with Gasteiger partial charge in [0.1, 0.15) is 5.75 Å². The van der Waals surface area contributed by atoms with E-state index in [2.05, 4.69) is 20.0 Å². The Morgan fingerprint density at radius 2 is 1.54 bits per heavy atom. The van der Waals surface area contributed by atoms with Crippen LogP contribution in [0.4, 0.5) is 13.2 Å². The SMILES string of the molecule is O=C(NC(=S)N/N=C(\c1ccc(Cl)cc1)c1ccc(OS(=O)(=O)C(F)(F)F)cc1)C1CCCCC1. The Morgan fingerprint density at radius 3 is 2.09 bits per heavy atom. The summed E-state index contributed by atoms with van der Waals surface area (Å²) in [5.74, 6) is -0.814. The van der Waals surface area contributed by atoms with E-state index in [-0.39, 0.29) is 16.9 Å². The van der Waals surface area contributed by atoms with Gasteiger partial charge in [-0.2, -0.15) is 26.7 Å². The van der Waals surface area contributed by atoms with Crippen LogP contribution in [0.1, 0.15) is 43.2 Å². The van der Waals surface area contributed by atoms with Gasteiger partial charge in [0.05, 0.1) is 5.71 Å². The molecule has 0 atom stereocenters. The number of nitrogens with zero attached hydrogens (tertiary/aromatic N) is 1. The maximum atomic E-state index is 12.6. The Bertz CT molecular complexity index is 1200. The van der Waals surface area contributed by atoms with Crippen molar-refractivity contribution < 1.29 is 30.6 Å². The van der Waals surface area contributed by atoms with Crippen LogP contribution < -0.4 is 14.9 Å². The van der Waals surface area contributed by atoms with Gasteiger partial charge in [-0.15, -0.1) is 0 Å². The van der Waals surface area contributed by atoms with E-state index in [9.17, 15) is 26.4 Å². The largest absolute Gasteiger partial charge is 0.534 e. The van der Waals surface area contributed by atoms with Crippen molar-refractivity contribution in [2.75, 3.05) is 0 Å². The zero-order valence-corrected chi connectivity index (χ0v) is 20.5. The molecular weight excluding hydrogens is 527 g/mol. The molecule has 0 saturated heterocycles. The second-order valence-electron chi connectivity index (χ2n) is 7.74. The summed E-state index contributed by atoms with van der Waals surface area (Å²) < 4.78 is 64.3. The molecule has 0 heterocycles. The highest BCUT2D eigenvalue weighted by Crippen LogP contribution is 2.27. The molecule has 1 fully saturated rings. The molecule has 2 N–H and O–H groups in total. The lowest BCUT2D eigenvalue weighted by Gasteiger charge is -2.20. The summed E-state index contributed by atoms with van der Waals surface area (Å²) in [6, 6.07) is 11.3. The molecule has 0 radical (unpaired) electrons. The second kappa shape index (κ2) is 11.4. The molecule has 0 unspecified atom stereocenters. The number of nitrogens with one attached hydrogen (secondary N) is 2. The van der Waals surface area contributed by atoms with E-state index in [1.807, 2.05) is 0 Å². The molecule has 3 rings (SSSR count). The van der Waals surface area contributed by atoms with Crippen LogP contribution in [0.15, 0.2) is 53.6 Å². The number of hydrogen-bond donors (Lipinski definition) is 2. The van der Waals surface area contributed by atoms with E-state index in [4.69, 9.17) is 23.8 Å². The van der Waals surface area contributed by atoms with Crippen molar-refractivity contribution in [2.24, 2.45) is 11.0 Å². The van der Waals surface area contributed by atoms with E-state index in [0.717, 1.165) is 44.2 Å². The first-order valence-electron chi connectivity index (χ1n) is 10.5. The maximum absolute atomic E-state index is 12.6. The van der Waals surface area contributed by atoms with Crippen molar-refractivity contribution in [3.63, 3.8) is 0 Å². The number of amides is 1. The number of alkyl halides is 3. The van der Waals surface area contributed by atoms with Crippen molar-refractivity contribution in [3.8, 4) is 5.75 Å². The lowest BCUT2D eigenvalue weighted by Crippen LogP contribution is -2.41. The Morgan fingerprint density at radius 1 is 1.00 bits per heavy atom. The molecule has 1 amide bonds. The fraction of sp³-hybridized carbons (Fsp3) is 0.318. The van der Waals surface area contributed by atoms with Crippen LogP contribution in [0, 0.1) is 5.92 Å². The molecule has 1 aliphatic rings. The maximum Gasteiger partial charge on any atom is 0.534 e. The lowest BCUT2D eigenvalue weighted by molar-refractivity contribution is -0.124. The molecule has 188 valence electrons. The topological polar surface area (TPSA) is 96.9 Å². The summed E-state index contributed by atoms with van der Waals surface area (Å²) >= 11 is 11.1. The third-order valence-electron chi connectivity index (χ3n) is 5.22. The van der Waals surface area contributed by atoms with Crippen molar-refractivity contribution in [1.29, 1.82) is 0 Å². The molecule has 2 aromatic rings. The number of benzene rings is 2. The number of carbonyl (C=O) groups excluding carboxylic acids is 1. The first-order chi connectivity index (χ1) is 16.5. The van der Waals surface area contributed by atoms with Crippen LogP contribution in [0.5, 0.6) is 5.75 Å². The molecule has 13 heteroatoms. The monoisotopic (exact) mass is 547 g/mol. The number of hydrogen-bond acceptors (Lipinski definition) is 6. The molecule has 7 nitrogen and oxygen atoms in total. The number of thiocarbonyl (C=S) groups is 1. The molecule has 0 aliphatic heterocycles. The Kier molecular flexibility index (Phi) is 8.73. The molecule has 2 aromatic carbocycles. The third kappa shape index (κ3) is 7.39. The molecule has 1 aliphatic carbocycles. The Hall–Kier alpha value is -2.70. The molecule has 1 saturated carbocycles. The van der Waals surface area contributed by atoms with Crippen molar-refractivity contribution in [1.82, 2.24) is 10.7 Å². The normalized spacial score (nSPS) is 15.4. The van der Waals surface area contributed by atoms with Gasteiger partial charge in [0, 0.05) is 22.1 Å². The Balaban J connectivity index is 1.79. The lowest BCUT2D eigenvalue weighted by atomic mass is 9.89. The summed E-state index contributed by atoms with van der Waals surface area (Å²) in [6.45, 7) is 0. The first kappa shape index (κ1) is 26.9. The average Bonchev–Trinajstić information content (AvgIpc) is 2.81. The van der Waals surface area contributed by atoms with Gasteiger partial charge in [-0.1, -0.05) is 43.0 Å². The fourth-order valence-electron chi connectivity index (χ4n) is 3.46. The van der Waals surface area contributed by atoms with Gasteiger partial charge in [-0.25, -0.2) is 0 Å². The summed E-state index contributed by atoms with van der Waals surface area (Å²) in [5.41, 5.74) is -1.66. The van der Waals surface area contributed by atoms with Crippen LogP contribution in [0.3, 0.4) is 0 Å². The van der Waals surface area contributed by atoms with E-state index in [0.29, 0.717) is 21.9 Å². The van der Waals surface area contributed by atoms with E-state index in [1.54, 1.807) is 24.3 Å². The van der Waals surface area contributed by atoms with Gasteiger partial charge in [-0.05, 0) is 61.5 Å². The molecule has 0 bridgehead atoms. The minimum atomic E-state index is -5.80. The summed E-state index contributed by atoms with van der Waals surface area (Å²) in [4.78, 5) is 12.4. The second-order valence-corrected chi connectivity index (χ2v) is 10.1. The van der Waals surface area contributed by atoms with Crippen LogP contribution in [-0.4, -0.2) is 30.7 Å². The standard InChI is InChI=1S/C22H21ClF3N3O4S2/c23-17-10-6-14(7-11-17)19(28-29-21(34)27-20(30)16-4-2-1-3-5-16)15-8-12-18(13-9-15)33-35(31,32)22(24,25)26/h6-13,16H,1-5H2,(H2,27,29,30,34)/b28-19+. The van der Waals surface area contributed by atoms with Crippen LogP contribution in [0.25, 0.3) is 0 Å². The highest BCUT2D eigenvalue weighted by atomic mass is 35.5. The third-order valence-corrected chi connectivity index (χ3v) is 6.64. The van der Waals surface area contributed by atoms with Crippen LogP contribution >= 0.6 is 23.8 Å². The van der Waals surface area contributed by atoms with E-state index < -0.39 is 21.4 Å². The number of rotatable bonds is 6. The number of halogens is 4. The highest BCUT2D eigenvalue weighted by Gasteiger charge is 2.48. The summed E-state index contributed by atoms with van der Waals surface area (Å²) in [7, 11) is -5.80. The van der Waals surface area contributed by atoms with Crippen molar-refractivity contribution >= 4 is 50.7 Å². The van der Waals surface area contributed by atoms with E-state index in [1.165, 1.54) is 12.1 Å². The molecule has 35 heavy (non-hydrogen) atoms. The molecular formula is C22H21ClF3N3O4S2. The van der Waals surface area contributed by atoms with Crippen LogP contribution in [-0.2, 0) is 14.9 Å². The summed E-state index contributed by atoms with van der Waals surface area (Å²) in [6.07, 6.45) is 4.67. The predicted molar refractivity (Wildman–Crippen MR) is 130 cm³/mol. The van der Waals surface area contributed by atoms with Gasteiger partial charge in [0.2, 0.25) is 5.91 Å². The highest BCUT2D eigenvalue weighted by molar-refractivity contribution is 7.88. The zero-order valence-electron chi connectivity index (χ0n) is 18.1. The minimum Gasteiger partial charge on any atom is -0.376 e. The molecule has 0 aromatic heterocycles. The Labute approximate surface area is 210 Å². The smallest absolute Gasteiger partial charge is 0.376 e. The zero-order chi connectivity index (χ0) is 25.6. The van der Waals surface area contributed by atoms with Gasteiger partial charge in [-0.3, -0.25) is 10.2 Å². The van der Waals surface area contributed by atoms with Crippen molar-refractivity contribution in [2.45, 2.75) is 37.6 Å². The van der Waals surface area contributed by atoms with Gasteiger partial charge >= 0.3 is 15.6 Å². The van der Waals surface area contributed by atoms with Crippen LogP contribution in [0.2, 0.25) is 5.02 Å². The quantitative estimate of drug-likeness (QED) is 0.176. The van der Waals surface area contributed by atoms with Gasteiger partial charge < -0.3 is 9.50 Å². The van der Waals surface area contributed by atoms with E-state index >= 15 is 0 Å². The first-order valence-corrected chi connectivity index (χ1v) is 12.7. The van der Waals surface area contributed by atoms with Gasteiger partial charge in [0.15, 0.2) is 5.11 Å². The van der Waals surface area contributed by atoms with Gasteiger partial charge in [0.25, 0.3) is 0 Å². The van der Waals surface area contributed by atoms with Crippen molar-refractivity contribution in [3.05, 3.63) is 64.7 Å². The fourth-order valence-corrected chi connectivity index (χ4v) is 4.19. The number of hydrazone groups is 1.